The maximum atomic E-state index is 12.7. The Morgan fingerprint density at radius 2 is 1.41 bits per heavy atom. The zero-order valence-electron chi connectivity index (χ0n) is 19.7. The van der Waals surface area contributed by atoms with Gasteiger partial charge in [0.05, 0.1) is 4.92 Å². The van der Waals surface area contributed by atoms with Crippen molar-refractivity contribution in [2.75, 3.05) is 26.2 Å². The van der Waals surface area contributed by atoms with Crippen LogP contribution in [-0.2, 0) is 16.1 Å². The first-order chi connectivity index (χ1) is 17.7. The van der Waals surface area contributed by atoms with Crippen LogP contribution in [0.3, 0.4) is 0 Å². The summed E-state index contributed by atoms with van der Waals surface area (Å²) in [5.41, 5.74) is 1.62. The lowest BCUT2D eigenvalue weighted by atomic mass is 10.1. The first-order valence-corrected chi connectivity index (χ1v) is 11.3. The SMILES string of the molecule is O=C(O)C(=O)O.O=C(c1ccc([N+](=O)[O-])cc1)N1CCN(Cc2cccc(Oc3ccccc3)c2)CC1. The number of aliphatic carboxylic acids is 2. The molecule has 0 aliphatic carbocycles. The van der Waals surface area contributed by atoms with Crippen molar-refractivity contribution in [3.63, 3.8) is 0 Å². The molecular formula is C26H25N3O8. The van der Waals surface area contributed by atoms with Crippen LogP contribution in [0.4, 0.5) is 5.69 Å². The number of benzene rings is 3. The van der Waals surface area contributed by atoms with E-state index in [9.17, 15) is 14.9 Å². The van der Waals surface area contributed by atoms with Crippen LogP contribution in [-0.4, -0.2) is 69.0 Å². The molecule has 0 aromatic heterocycles. The number of nitro groups is 1. The maximum absolute atomic E-state index is 12.7. The van der Waals surface area contributed by atoms with Crippen LogP contribution in [0.1, 0.15) is 15.9 Å². The average molecular weight is 507 g/mol. The molecule has 0 spiro atoms. The molecule has 1 amide bonds. The van der Waals surface area contributed by atoms with Gasteiger partial charge in [0.1, 0.15) is 11.5 Å². The number of nitrogens with zero attached hydrogens (tertiary/aromatic N) is 3. The molecule has 3 aromatic rings. The molecule has 0 bridgehead atoms. The van der Waals surface area contributed by atoms with E-state index in [4.69, 9.17) is 24.5 Å². The van der Waals surface area contributed by atoms with Crippen LogP contribution in [0.2, 0.25) is 0 Å². The van der Waals surface area contributed by atoms with Crippen molar-refractivity contribution in [1.82, 2.24) is 9.80 Å². The fraction of sp³-hybridized carbons (Fsp3) is 0.192. The zero-order chi connectivity index (χ0) is 26.8. The number of hydrogen-bond donors (Lipinski definition) is 2. The Bertz CT molecular complexity index is 1230. The van der Waals surface area contributed by atoms with Crippen molar-refractivity contribution < 1.29 is 34.3 Å². The number of nitro benzene ring substituents is 1. The molecule has 3 aromatic carbocycles. The second-order valence-electron chi connectivity index (χ2n) is 8.05. The molecule has 1 aliphatic heterocycles. The summed E-state index contributed by atoms with van der Waals surface area (Å²) in [6.07, 6.45) is 0. The van der Waals surface area contributed by atoms with E-state index in [0.717, 1.165) is 36.7 Å². The Morgan fingerprint density at radius 1 is 0.811 bits per heavy atom. The first kappa shape index (κ1) is 26.8. The lowest BCUT2D eigenvalue weighted by molar-refractivity contribution is -0.384. The van der Waals surface area contributed by atoms with E-state index in [1.54, 1.807) is 4.90 Å². The lowest BCUT2D eigenvalue weighted by Gasteiger charge is -2.34. The topological polar surface area (TPSA) is 151 Å². The van der Waals surface area contributed by atoms with E-state index in [1.807, 2.05) is 48.5 Å². The minimum Gasteiger partial charge on any atom is -0.473 e. The monoisotopic (exact) mass is 507 g/mol. The van der Waals surface area contributed by atoms with Gasteiger partial charge in [0.2, 0.25) is 0 Å². The van der Waals surface area contributed by atoms with E-state index < -0.39 is 16.9 Å². The van der Waals surface area contributed by atoms with Crippen molar-refractivity contribution in [3.05, 3.63) is 100 Å². The number of carboxylic acids is 2. The van der Waals surface area contributed by atoms with Crippen LogP contribution >= 0.6 is 0 Å². The first-order valence-electron chi connectivity index (χ1n) is 11.3. The zero-order valence-corrected chi connectivity index (χ0v) is 19.7. The number of non-ortho nitro benzene ring substituents is 1. The van der Waals surface area contributed by atoms with Crippen LogP contribution in [0, 0.1) is 10.1 Å². The van der Waals surface area contributed by atoms with Gasteiger partial charge < -0.3 is 19.8 Å². The second-order valence-corrected chi connectivity index (χ2v) is 8.05. The number of ether oxygens (including phenoxy) is 1. The molecule has 1 fully saturated rings. The van der Waals surface area contributed by atoms with Gasteiger partial charge in [-0.05, 0) is 42.0 Å². The standard InChI is InChI=1S/C24H23N3O4.C2H2O4/c28-24(20-9-11-21(12-10-20)27(29)30)26-15-13-25(14-16-26)18-19-5-4-8-23(17-19)31-22-6-2-1-3-7-22;3-1(4)2(5)6/h1-12,17H,13-16,18H2;(H,3,4)(H,5,6). The van der Waals surface area contributed by atoms with E-state index in [-0.39, 0.29) is 11.6 Å². The Kier molecular flexibility index (Phi) is 9.28. The fourth-order valence-electron chi connectivity index (χ4n) is 3.61. The Labute approximate surface area is 212 Å². The van der Waals surface area contributed by atoms with Gasteiger partial charge in [0.15, 0.2) is 0 Å². The quantitative estimate of drug-likeness (QED) is 0.290. The Hall–Kier alpha value is -4.77. The van der Waals surface area contributed by atoms with Gasteiger partial charge in [-0.3, -0.25) is 19.8 Å². The van der Waals surface area contributed by atoms with Crippen LogP contribution in [0.5, 0.6) is 11.5 Å². The van der Waals surface area contributed by atoms with Gasteiger partial charge in [-0.25, -0.2) is 9.59 Å². The summed E-state index contributed by atoms with van der Waals surface area (Å²) in [5.74, 6) is -2.13. The van der Waals surface area contributed by atoms with Crippen molar-refractivity contribution >= 4 is 23.5 Å². The molecule has 11 heteroatoms. The van der Waals surface area contributed by atoms with E-state index in [2.05, 4.69) is 11.0 Å². The summed E-state index contributed by atoms with van der Waals surface area (Å²) in [5, 5.41) is 25.6. The molecule has 0 saturated carbocycles. The van der Waals surface area contributed by atoms with E-state index >= 15 is 0 Å². The highest BCUT2D eigenvalue weighted by atomic mass is 16.6. The molecular weight excluding hydrogens is 482 g/mol. The largest absolute Gasteiger partial charge is 0.473 e. The van der Waals surface area contributed by atoms with Gasteiger partial charge >= 0.3 is 11.9 Å². The molecule has 1 aliphatic rings. The molecule has 11 nitrogen and oxygen atoms in total. The van der Waals surface area contributed by atoms with Gasteiger partial charge in [0.25, 0.3) is 11.6 Å². The number of para-hydroxylation sites is 1. The fourth-order valence-corrected chi connectivity index (χ4v) is 3.61. The summed E-state index contributed by atoms with van der Waals surface area (Å²) >= 11 is 0. The second kappa shape index (κ2) is 12.8. The highest BCUT2D eigenvalue weighted by Gasteiger charge is 2.22. The van der Waals surface area contributed by atoms with Crippen LogP contribution < -0.4 is 4.74 Å². The number of carbonyl (C=O) groups is 3. The Morgan fingerprint density at radius 3 is 1.97 bits per heavy atom. The molecule has 192 valence electrons. The summed E-state index contributed by atoms with van der Waals surface area (Å²) < 4.78 is 5.92. The smallest absolute Gasteiger partial charge is 0.414 e. The van der Waals surface area contributed by atoms with E-state index in [0.29, 0.717) is 18.7 Å². The molecule has 0 radical (unpaired) electrons. The number of carboxylic acid groups (broad SMARTS) is 2. The number of carbonyl (C=O) groups excluding carboxylic acids is 1. The van der Waals surface area contributed by atoms with Crippen molar-refractivity contribution in [2.45, 2.75) is 6.54 Å². The van der Waals surface area contributed by atoms with E-state index in [1.165, 1.54) is 24.3 Å². The van der Waals surface area contributed by atoms with Crippen molar-refractivity contribution in [1.29, 1.82) is 0 Å². The Balaban J connectivity index is 0.000000568. The summed E-state index contributed by atoms with van der Waals surface area (Å²) in [4.78, 5) is 45.3. The third-order valence-electron chi connectivity index (χ3n) is 5.45. The van der Waals surface area contributed by atoms with Crippen molar-refractivity contribution in [2.24, 2.45) is 0 Å². The minimum atomic E-state index is -1.82. The number of rotatable bonds is 6. The summed E-state index contributed by atoms with van der Waals surface area (Å²) in [6, 6.07) is 23.5. The highest BCUT2D eigenvalue weighted by molar-refractivity contribution is 6.27. The predicted octanol–water partition coefficient (Wildman–Crippen LogP) is 3.50. The van der Waals surface area contributed by atoms with Gasteiger partial charge in [-0.1, -0.05) is 30.3 Å². The lowest BCUT2D eigenvalue weighted by Crippen LogP contribution is -2.48. The number of amides is 1. The third-order valence-corrected chi connectivity index (χ3v) is 5.45. The molecule has 1 saturated heterocycles. The highest BCUT2D eigenvalue weighted by Crippen LogP contribution is 2.23. The summed E-state index contributed by atoms with van der Waals surface area (Å²) in [7, 11) is 0. The third kappa shape index (κ3) is 8.15. The molecule has 4 rings (SSSR count). The van der Waals surface area contributed by atoms with Gasteiger partial charge in [0, 0.05) is 50.4 Å². The molecule has 37 heavy (non-hydrogen) atoms. The molecule has 0 atom stereocenters. The number of piperazine rings is 1. The molecule has 0 unspecified atom stereocenters. The van der Waals surface area contributed by atoms with Gasteiger partial charge in [-0.15, -0.1) is 0 Å². The average Bonchev–Trinajstić information content (AvgIpc) is 2.90. The molecule has 1 heterocycles. The predicted molar refractivity (Wildman–Crippen MR) is 133 cm³/mol. The van der Waals surface area contributed by atoms with Crippen LogP contribution in [0.15, 0.2) is 78.9 Å². The number of hydrogen-bond acceptors (Lipinski definition) is 7. The van der Waals surface area contributed by atoms with Crippen molar-refractivity contribution in [3.8, 4) is 11.5 Å². The normalized spacial score (nSPS) is 13.1. The van der Waals surface area contributed by atoms with Gasteiger partial charge in [-0.2, -0.15) is 0 Å². The molecule has 2 N–H and O–H groups in total. The minimum absolute atomic E-state index is 0.0140. The van der Waals surface area contributed by atoms with Crippen LogP contribution in [0.25, 0.3) is 0 Å². The summed E-state index contributed by atoms with van der Waals surface area (Å²) in [6.45, 7) is 3.56. The maximum Gasteiger partial charge on any atom is 0.414 e.